The molecule has 0 atom stereocenters. The van der Waals surface area contributed by atoms with Gasteiger partial charge in [0.15, 0.2) is 0 Å². The average Bonchev–Trinajstić information content (AvgIpc) is 2.76. The lowest BCUT2D eigenvalue weighted by Crippen LogP contribution is -2.40. The molecule has 1 aliphatic rings. The Bertz CT molecular complexity index is 998. The van der Waals surface area contributed by atoms with Gasteiger partial charge in [-0.2, -0.15) is 5.10 Å². The van der Waals surface area contributed by atoms with E-state index < -0.39 is 0 Å². The summed E-state index contributed by atoms with van der Waals surface area (Å²) in [6, 6.07) is 8.78. The van der Waals surface area contributed by atoms with Crippen LogP contribution < -0.4 is 10.9 Å². The number of amides is 1. The van der Waals surface area contributed by atoms with Crippen molar-refractivity contribution in [2.45, 2.75) is 37.8 Å². The summed E-state index contributed by atoms with van der Waals surface area (Å²) < 4.78 is 1.58. The molecule has 0 radical (unpaired) electrons. The fraction of sp³-hybridized carbons (Fsp3) is 0.300. The predicted molar refractivity (Wildman–Crippen MR) is 103 cm³/mol. The molecule has 3 heterocycles. The molecule has 1 N–H and O–H groups in total. The highest BCUT2D eigenvalue weighted by Crippen LogP contribution is 2.27. The zero-order chi connectivity index (χ0) is 19.3. The van der Waals surface area contributed by atoms with Crippen molar-refractivity contribution < 1.29 is 4.79 Å². The molecule has 0 aliphatic heterocycles. The summed E-state index contributed by atoms with van der Waals surface area (Å²) in [5, 5.41) is 7.55. The molecule has 8 nitrogen and oxygen atoms in total. The van der Waals surface area contributed by atoms with Crippen molar-refractivity contribution in [2.24, 2.45) is 0 Å². The molecule has 3 aromatic rings. The molecule has 1 saturated carbocycles. The van der Waals surface area contributed by atoms with Crippen molar-refractivity contribution >= 4 is 5.91 Å². The topological polar surface area (TPSA) is 103 Å². The second kappa shape index (κ2) is 8.08. The second-order valence-corrected chi connectivity index (χ2v) is 6.79. The van der Waals surface area contributed by atoms with E-state index in [0.29, 0.717) is 0 Å². The lowest BCUT2D eigenvalue weighted by atomic mass is 9.91. The molecule has 3 aromatic heterocycles. The first-order chi connectivity index (χ1) is 13.7. The first-order valence-electron chi connectivity index (χ1n) is 9.29. The lowest BCUT2D eigenvalue weighted by Gasteiger charge is -2.29. The van der Waals surface area contributed by atoms with Crippen LogP contribution in [0.25, 0.3) is 11.3 Å². The number of carbonyl (C=O) groups is 1. The van der Waals surface area contributed by atoms with Crippen LogP contribution in [0.4, 0.5) is 0 Å². The number of rotatable bonds is 4. The standard InChI is InChI=1S/C20H20N6O2/c27-18-7-6-17(14-8-12-21-13-9-14)25-26(18)16-4-2-15(3-5-16)24-20(28)19-22-10-1-11-23-19/h1,6-13,15-16H,2-5H2,(H,24,28). The number of nitrogens with one attached hydrogen (secondary N) is 1. The third-order valence-corrected chi connectivity index (χ3v) is 4.95. The van der Waals surface area contributed by atoms with Crippen LogP contribution in [0.15, 0.2) is 59.9 Å². The third kappa shape index (κ3) is 3.95. The zero-order valence-electron chi connectivity index (χ0n) is 15.2. The molecule has 28 heavy (non-hydrogen) atoms. The van der Waals surface area contributed by atoms with Gasteiger partial charge in [0.1, 0.15) is 0 Å². The molecule has 1 aliphatic carbocycles. The molecule has 1 fully saturated rings. The maximum Gasteiger partial charge on any atom is 0.289 e. The van der Waals surface area contributed by atoms with Crippen LogP contribution in [0.1, 0.15) is 42.3 Å². The maximum absolute atomic E-state index is 12.3. The molecule has 0 bridgehead atoms. The van der Waals surface area contributed by atoms with E-state index in [-0.39, 0.29) is 29.4 Å². The van der Waals surface area contributed by atoms with Gasteiger partial charge in [-0.25, -0.2) is 14.6 Å². The van der Waals surface area contributed by atoms with Gasteiger partial charge >= 0.3 is 0 Å². The predicted octanol–water partition coefficient (Wildman–Crippen LogP) is 2.01. The Kier molecular flexibility index (Phi) is 5.18. The third-order valence-electron chi connectivity index (χ3n) is 4.95. The van der Waals surface area contributed by atoms with E-state index in [0.717, 1.165) is 36.9 Å². The van der Waals surface area contributed by atoms with Crippen molar-refractivity contribution in [3.05, 3.63) is 71.3 Å². The SMILES string of the molecule is O=C(NC1CCC(n2nc(-c3ccncc3)ccc2=O)CC1)c1ncccn1. The minimum Gasteiger partial charge on any atom is -0.347 e. The summed E-state index contributed by atoms with van der Waals surface area (Å²) in [6.07, 6.45) is 9.60. The Hall–Kier alpha value is -3.42. The smallest absolute Gasteiger partial charge is 0.289 e. The number of hydrogen-bond donors (Lipinski definition) is 1. The molecule has 1 amide bonds. The maximum atomic E-state index is 12.3. The van der Waals surface area contributed by atoms with Gasteiger partial charge in [-0.05, 0) is 49.9 Å². The van der Waals surface area contributed by atoms with Crippen molar-refractivity contribution in [3.63, 3.8) is 0 Å². The molecule has 8 heteroatoms. The van der Waals surface area contributed by atoms with Crippen LogP contribution in [0.3, 0.4) is 0 Å². The molecular weight excluding hydrogens is 356 g/mol. The van der Waals surface area contributed by atoms with Crippen LogP contribution in [0, 0.1) is 0 Å². The first kappa shape index (κ1) is 18.0. The van der Waals surface area contributed by atoms with E-state index in [4.69, 9.17) is 0 Å². The van der Waals surface area contributed by atoms with Gasteiger partial charge < -0.3 is 5.32 Å². The molecule has 0 spiro atoms. The molecular formula is C20H20N6O2. The van der Waals surface area contributed by atoms with E-state index in [9.17, 15) is 9.59 Å². The average molecular weight is 376 g/mol. The van der Waals surface area contributed by atoms with Crippen molar-refractivity contribution in [2.75, 3.05) is 0 Å². The van der Waals surface area contributed by atoms with Gasteiger partial charge in [-0.1, -0.05) is 0 Å². The van der Waals surface area contributed by atoms with Crippen molar-refractivity contribution in [3.8, 4) is 11.3 Å². The Balaban J connectivity index is 1.42. The van der Waals surface area contributed by atoms with E-state index in [1.54, 1.807) is 47.7 Å². The fourth-order valence-corrected chi connectivity index (χ4v) is 3.49. The molecule has 4 rings (SSSR count). The number of aromatic nitrogens is 5. The second-order valence-electron chi connectivity index (χ2n) is 6.79. The van der Waals surface area contributed by atoms with Crippen LogP contribution in [-0.2, 0) is 0 Å². The number of carbonyl (C=O) groups excluding carboxylic acids is 1. The van der Waals surface area contributed by atoms with Crippen molar-refractivity contribution in [1.82, 2.24) is 30.0 Å². The van der Waals surface area contributed by atoms with Crippen molar-refractivity contribution in [1.29, 1.82) is 0 Å². The Morgan fingerprint density at radius 3 is 2.39 bits per heavy atom. The number of hydrogen-bond acceptors (Lipinski definition) is 6. The van der Waals surface area contributed by atoms with Crippen LogP contribution >= 0.6 is 0 Å². The summed E-state index contributed by atoms with van der Waals surface area (Å²) in [6.45, 7) is 0. The molecule has 0 saturated heterocycles. The Labute approximate surface area is 161 Å². The number of pyridine rings is 1. The van der Waals surface area contributed by atoms with E-state index in [2.05, 4.69) is 25.4 Å². The normalized spacial score (nSPS) is 19.1. The fourth-order valence-electron chi connectivity index (χ4n) is 3.49. The highest BCUT2D eigenvalue weighted by molar-refractivity contribution is 5.90. The van der Waals surface area contributed by atoms with Crippen LogP contribution in [-0.4, -0.2) is 36.7 Å². The minimum absolute atomic E-state index is 0.0235. The summed E-state index contributed by atoms with van der Waals surface area (Å²) in [5.41, 5.74) is 1.56. The summed E-state index contributed by atoms with van der Waals surface area (Å²) >= 11 is 0. The summed E-state index contributed by atoms with van der Waals surface area (Å²) in [5.74, 6) is -0.0911. The zero-order valence-corrected chi connectivity index (χ0v) is 15.2. The molecule has 0 aromatic carbocycles. The van der Waals surface area contributed by atoms with E-state index in [1.807, 2.05) is 12.1 Å². The van der Waals surface area contributed by atoms with Gasteiger partial charge in [0.2, 0.25) is 5.82 Å². The monoisotopic (exact) mass is 376 g/mol. The van der Waals surface area contributed by atoms with Gasteiger partial charge in [0, 0.05) is 42.5 Å². The van der Waals surface area contributed by atoms with E-state index >= 15 is 0 Å². The Morgan fingerprint density at radius 2 is 1.68 bits per heavy atom. The van der Waals surface area contributed by atoms with Crippen LogP contribution in [0.5, 0.6) is 0 Å². The van der Waals surface area contributed by atoms with Crippen LogP contribution in [0.2, 0.25) is 0 Å². The summed E-state index contributed by atoms with van der Waals surface area (Å²) in [7, 11) is 0. The molecule has 0 unspecified atom stereocenters. The number of nitrogens with zero attached hydrogens (tertiary/aromatic N) is 5. The molecule has 142 valence electrons. The Morgan fingerprint density at radius 1 is 0.964 bits per heavy atom. The largest absolute Gasteiger partial charge is 0.347 e. The highest BCUT2D eigenvalue weighted by atomic mass is 16.2. The van der Waals surface area contributed by atoms with Gasteiger partial charge in [0.25, 0.3) is 11.5 Å². The first-order valence-corrected chi connectivity index (χ1v) is 9.29. The van der Waals surface area contributed by atoms with E-state index in [1.165, 1.54) is 0 Å². The van der Waals surface area contributed by atoms with Gasteiger partial charge in [-0.15, -0.1) is 0 Å². The highest BCUT2D eigenvalue weighted by Gasteiger charge is 2.25. The van der Waals surface area contributed by atoms with Gasteiger partial charge in [-0.3, -0.25) is 14.6 Å². The quantitative estimate of drug-likeness (QED) is 0.747. The minimum atomic E-state index is -0.265. The lowest BCUT2D eigenvalue weighted by molar-refractivity contribution is 0.0910. The summed E-state index contributed by atoms with van der Waals surface area (Å²) in [4.78, 5) is 36.5. The van der Waals surface area contributed by atoms with Gasteiger partial charge in [0.05, 0.1) is 11.7 Å².